The van der Waals surface area contributed by atoms with Crippen LogP contribution in [0.15, 0.2) is 0 Å². The fourth-order valence-electron chi connectivity index (χ4n) is 2.27. The molecule has 12 heavy (non-hydrogen) atoms. The summed E-state index contributed by atoms with van der Waals surface area (Å²) in [5, 5.41) is 3.71. The zero-order valence-corrected chi connectivity index (χ0v) is 8.18. The minimum atomic E-state index is 0.856. The molecule has 0 radical (unpaired) electrons. The van der Waals surface area contributed by atoms with Gasteiger partial charge in [-0.2, -0.15) is 0 Å². The Hall–Kier alpha value is -0.0400. The highest BCUT2D eigenvalue weighted by atomic mass is 14.9. The zero-order chi connectivity index (χ0) is 8.39. The van der Waals surface area contributed by atoms with Crippen molar-refractivity contribution in [2.24, 2.45) is 11.8 Å². The molecule has 0 aliphatic heterocycles. The normalized spacial score (nSPS) is 36.8. The Kier molecular flexibility index (Phi) is 2.69. The lowest BCUT2D eigenvalue weighted by atomic mass is 9.87. The van der Waals surface area contributed by atoms with E-state index in [1.807, 2.05) is 0 Å². The number of hydrogen-bond acceptors (Lipinski definition) is 1. The van der Waals surface area contributed by atoms with Gasteiger partial charge in [-0.1, -0.05) is 19.8 Å². The van der Waals surface area contributed by atoms with Crippen molar-refractivity contribution in [2.45, 2.75) is 51.5 Å². The van der Waals surface area contributed by atoms with Crippen LogP contribution in [0.25, 0.3) is 0 Å². The second kappa shape index (κ2) is 3.78. The van der Waals surface area contributed by atoms with E-state index in [9.17, 15) is 0 Å². The van der Waals surface area contributed by atoms with Gasteiger partial charge in [0.25, 0.3) is 0 Å². The largest absolute Gasteiger partial charge is 0.314 e. The van der Waals surface area contributed by atoms with Crippen LogP contribution in [-0.4, -0.2) is 12.6 Å². The van der Waals surface area contributed by atoms with Gasteiger partial charge in [0.1, 0.15) is 0 Å². The second-order valence-corrected chi connectivity index (χ2v) is 4.82. The van der Waals surface area contributed by atoms with Crippen molar-refractivity contribution >= 4 is 0 Å². The van der Waals surface area contributed by atoms with Crippen LogP contribution in [0.2, 0.25) is 0 Å². The predicted octanol–water partition coefficient (Wildman–Crippen LogP) is 2.56. The van der Waals surface area contributed by atoms with E-state index < -0.39 is 0 Å². The molecule has 0 bridgehead atoms. The maximum absolute atomic E-state index is 3.71. The summed E-state index contributed by atoms with van der Waals surface area (Å²) in [5.74, 6) is 2.01. The Morgan fingerprint density at radius 3 is 2.67 bits per heavy atom. The molecular formula is C11H21N. The van der Waals surface area contributed by atoms with Gasteiger partial charge in [0.15, 0.2) is 0 Å². The third kappa shape index (κ3) is 2.48. The van der Waals surface area contributed by atoms with Crippen molar-refractivity contribution in [1.82, 2.24) is 5.32 Å². The van der Waals surface area contributed by atoms with E-state index >= 15 is 0 Å². The Labute approximate surface area is 75.9 Å². The van der Waals surface area contributed by atoms with Crippen molar-refractivity contribution in [1.29, 1.82) is 0 Å². The molecule has 0 spiro atoms. The van der Waals surface area contributed by atoms with E-state index in [-0.39, 0.29) is 0 Å². The van der Waals surface area contributed by atoms with Gasteiger partial charge in [-0.25, -0.2) is 0 Å². The van der Waals surface area contributed by atoms with Crippen LogP contribution in [0.4, 0.5) is 0 Å². The first kappa shape index (κ1) is 8.55. The summed E-state index contributed by atoms with van der Waals surface area (Å²) in [7, 11) is 0. The Morgan fingerprint density at radius 2 is 2.00 bits per heavy atom. The van der Waals surface area contributed by atoms with Crippen molar-refractivity contribution in [3.05, 3.63) is 0 Å². The molecule has 2 saturated carbocycles. The lowest BCUT2D eigenvalue weighted by molar-refractivity contribution is 0.299. The fourth-order valence-corrected chi connectivity index (χ4v) is 2.27. The van der Waals surface area contributed by atoms with Crippen LogP contribution in [0.3, 0.4) is 0 Å². The molecule has 2 unspecified atom stereocenters. The van der Waals surface area contributed by atoms with Crippen LogP contribution in [0.1, 0.15) is 45.4 Å². The molecule has 0 saturated heterocycles. The Morgan fingerprint density at radius 1 is 1.17 bits per heavy atom. The highest BCUT2D eigenvalue weighted by molar-refractivity contribution is 4.80. The summed E-state index contributed by atoms with van der Waals surface area (Å²) in [6.07, 6.45) is 8.72. The van der Waals surface area contributed by atoms with Gasteiger partial charge in [0.2, 0.25) is 0 Å². The number of nitrogens with one attached hydrogen (secondary N) is 1. The van der Waals surface area contributed by atoms with Crippen molar-refractivity contribution in [3.8, 4) is 0 Å². The second-order valence-electron chi connectivity index (χ2n) is 4.82. The number of hydrogen-bond donors (Lipinski definition) is 1. The first-order valence-corrected chi connectivity index (χ1v) is 5.58. The molecular weight excluding hydrogens is 146 g/mol. The topological polar surface area (TPSA) is 12.0 Å². The first-order chi connectivity index (χ1) is 5.84. The zero-order valence-electron chi connectivity index (χ0n) is 8.18. The van der Waals surface area contributed by atoms with Gasteiger partial charge >= 0.3 is 0 Å². The van der Waals surface area contributed by atoms with Gasteiger partial charge in [-0.3, -0.25) is 0 Å². The van der Waals surface area contributed by atoms with E-state index in [0.717, 1.165) is 17.9 Å². The minimum Gasteiger partial charge on any atom is -0.314 e. The van der Waals surface area contributed by atoms with E-state index in [0.29, 0.717) is 0 Å². The van der Waals surface area contributed by atoms with E-state index in [1.165, 1.54) is 45.1 Å². The molecule has 0 aromatic heterocycles. The van der Waals surface area contributed by atoms with E-state index in [2.05, 4.69) is 12.2 Å². The molecule has 1 N–H and O–H groups in total. The molecule has 2 aliphatic rings. The Bertz CT molecular complexity index is 140. The van der Waals surface area contributed by atoms with Crippen molar-refractivity contribution in [2.75, 3.05) is 6.54 Å². The molecule has 1 heteroatoms. The summed E-state index contributed by atoms with van der Waals surface area (Å²) in [5.41, 5.74) is 0. The van der Waals surface area contributed by atoms with Gasteiger partial charge in [-0.05, 0) is 44.1 Å². The molecule has 2 rings (SSSR count). The van der Waals surface area contributed by atoms with E-state index in [1.54, 1.807) is 0 Å². The minimum absolute atomic E-state index is 0.856. The molecule has 0 amide bonds. The monoisotopic (exact) mass is 167 g/mol. The molecule has 0 aromatic carbocycles. The maximum Gasteiger partial charge on any atom is 0.00697 e. The fraction of sp³-hybridized carbons (Fsp3) is 1.00. The van der Waals surface area contributed by atoms with Gasteiger partial charge in [-0.15, -0.1) is 0 Å². The number of rotatable bonds is 3. The van der Waals surface area contributed by atoms with Crippen LogP contribution in [0, 0.1) is 11.8 Å². The third-order valence-electron chi connectivity index (χ3n) is 3.33. The molecule has 2 aliphatic carbocycles. The van der Waals surface area contributed by atoms with Crippen LogP contribution in [0.5, 0.6) is 0 Å². The molecule has 0 aromatic rings. The average molecular weight is 167 g/mol. The van der Waals surface area contributed by atoms with Crippen LogP contribution >= 0.6 is 0 Å². The van der Waals surface area contributed by atoms with Gasteiger partial charge in [0, 0.05) is 6.04 Å². The summed E-state index contributed by atoms with van der Waals surface area (Å²) in [4.78, 5) is 0. The molecule has 0 heterocycles. The summed E-state index contributed by atoms with van der Waals surface area (Å²) in [6.45, 7) is 3.70. The van der Waals surface area contributed by atoms with Crippen molar-refractivity contribution in [3.63, 3.8) is 0 Å². The summed E-state index contributed by atoms with van der Waals surface area (Å²) >= 11 is 0. The summed E-state index contributed by atoms with van der Waals surface area (Å²) < 4.78 is 0. The van der Waals surface area contributed by atoms with Gasteiger partial charge in [0.05, 0.1) is 0 Å². The molecule has 2 fully saturated rings. The quantitative estimate of drug-likeness (QED) is 0.681. The predicted molar refractivity (Wildman–Crippen MR) is 52.1 cm³/mol. The average Bonchev–Trinajstić information content (AvgIpc) is 2.84. The SMILES string of the molecule is CC1CCCC(NCC2CC2)C1. The summed E-state index contributed by atoms with van der Waals surface area (Å²) in [6, 6.07) is 0.856. The van der Waals surface area contributed by atoms with E-state index in [4.69, 9.17) is 0 Å². The smallest absolute Gasteiger partial charge is 0.00697 e. The van der Waals surface area contributed by atoms with Crippen LogP contribution < -0.4 is 5.32 Å². The lowest BCUT2D eigenvalue weighted by Gasteiger charge is -2.27. The molecule has 1 nitrogen and oxygen atoms in total. The lowest BCUT2D eigenvalue weighted by Crippen LogP contribution is -2.34. The highest BCUT2D eigenvalue weighted by Crippen LogP contribution is 2.29. The van der Waals surface area contributed by atoms with Crippen LogP contribution in [-0.2, 0) is 0 Å². The molecule has 2 atom stereocenters. The maximum atomic E-state index is 3.71. The molecule has 70 valence electrons. The van der Waals surface area contributed by atoms with Crippen molar-refractivity contribution < 1.29 is 0 Å². The highest BCUT2D eigenvalue weighted by Gasteiger charge is 2.24. The third-order valence-corrected chi connectivity index (χ3v) is 3.33. The van der Waals surface area contributed by atoms with Gasteiger partial charge < -0.3 is 5.32 Å². The Balaban J connectivity index is 1.64. The standard InChI is InChI=1S/C11H21N/c1-9-3-2-4-11(7-9)12-8-10-5-6-10/h9-12H,2-8H2,1H3. The first-order valence-electron chi connectivity index (χ1n) is 5.58.